The molecule has 0 aromatic carbocycles. The van der Waals surface area contributed by atoms with E-state index in [1.54, 1.807) is 20.8 Å². The average Bonchev–Trinajstić information content (AvgIpc) is 2.16. The van der Waals surface area contributed by atoms with E-state index in [1.807, 2.05) is 0 Å². The molecular formula is C12H22O5. The van der Waals surface area contributed by atoms with Crippen molar-refractivity contribution in [2.24, 2.45) is 11.3 Å². The summed E-state index contributed by atoms with van der Waals surface area (Å²) in [5, 5.41) is 19.3. The molecule has 2 N–H and O–H groups in total. The van der Waals surface area contributed by atoms with Crippen LogP contribution in [0.4, 0.5) is 0 Å². The van der Waals surface area contributed by atoms with E-state index >= 15 is 0 Å². The summed E-state index contributed by atoms with van der Waals surface area (Å²) in [5.74, 6) is -2.25. The summed E-state index contributed by atoms with van der Waals surface area (Å²) < 4.78 is 4.76. The monoisotopic (exact) mass is 246 g/mol. The Morgan fingerprint density at radius 2 is 1.76 bits per heavy atom. The summed E-state index contributed by atoms with van der Waals surface area (Å²) in [6.07, 6.45) is -0.175. The topological polar surface area (TPSA) is 83.8 Å². The zero-order chi connectivity index (χ0) is 13.9. The van der Waals surface area contributed by atoms with Gasteiger partial charge in [0, 0.05) is 6.42 Å². The van der Waals surface area contributed by atoms with Crippen molar-refractivity contribution in [1.29, 1.82) is 0 Å². The van der Waals surface area contributed by atoms with Crippen LogP contribution >= 0.6 is 0 Å². The van der Waals surface area contributed by atoms with E-state index < -0.39 is 23.0 Å². The maximum atomic E-state index is 11.7. The van der Waals surface area contributed by atoms with E-state index in [9.17, 15) is 14.7 Å². The lowest BCUT2D eigenvalue weighted by Gasteiger charge is -2.34. The maximum Gasteiger partial charge on any atom is 0.323 e. The molecule has 0 fully saturated rings. The Kier molecular flexibility index (Phi) is 5.13. The van der Waals surface area contributed by atoms with Crippen LogP contribution in [0.5, 0.6) is 0 Å². The third kappa shape index (κ3) is 3.70. The summed E-state index contributed by atoms with van der Waals surface area (Å²) in [6, 6.07) is 0. The second-order valence-corrected chi connectivity index (χ2v) is 5.05. The van der Waals surface area contributed by atoms with Crippen LogP contribution in [0.25, 0.3) is 0 Å². The first-order valence-electron chi connectivity index (χ1n) is 5.71. The van der Waals surface area contributed by atoms with Crippen LogP contribution in [0.3, 0.4) is 0 Å². The number of carbonyl (C=O) groups is 2. The Hall–Kier alpha value is -1.10. The van der Waals surface area contributed by atoms with Crippen molar-refractivity contribution in [2.45, 2.75) is 46.6 Å². The van der Waals surface area contributed by atoms with Crippen LogP contribution in [-0.2, 0) is 14.3 Å². The average molecular weight is 246 g/mol. The first kappa shape index (κ1) is 15.9. The number of ether oxygens (including phenoxy) is 1. The van der Waals surface area contributed by atoms with Gasteiger partial charge in [-0.2, -0.15) is 0 Å². The van der Waals surface area contributed by atoms with Crippen molar-refractivity contribution in [3.63, 3.8) is 0 Å². The fourth-order valence-corrected chi connectivity index (χ4v) is 1.45. The molecular weight excluding hydrogens is 224 g/mol. The van der Waals surface area contributed by atoms with Gasteiger partial charge in [0.15, 0.2) is 5.41 Å². The highest BCUT2D eigenvalue weighted by Gasteiger charge is 2.48. The highest BCUT2D eigenvalue weighted by atomic mass is 16.5. The minimum absolute atomic E-state index is 0.117. The van der Waals surface area contributed by atoms with Gasteiger partial charge >= 0.3 is 11.9 Å². The molecule has 0 aliphatic heterocycles. The van der Waals surface area contributed by atoms with Crippen LogP contribution in [0, 0.1) is 11.3 Å². The number of hydrogen-bond donors (Lipinski definition) is 2. The van der Waals surface area contributed by atoms with Gasteiger partial charge in [-0.3, -0.25) is 9.59 Å². The van der Waals surface area contributed by atoms with E-state index in [0.29, 0.717) is 0 Å². The van der Waals surface area contributed by atoms with Gasteiger partial charge in [0.25, 0.3) is 0 Å². The minimum atomic E-state index is -1.72. The van der Waals surface area contributed by atoms with Gasteiger partial charge in [-0.1, -0.05) is 13.8 Å². The summed E-state index contributed by atoms with van der Waals surface area (Å²) >= 11 is 0. The summed E-state index contributed by atoms with van der Waals surface area (Å²) in [7, 11) is 0. The maximum absolute atomic E-state index is 11.7. The number of carbonyl (C=O) groups excluding carboxylic acids is 1. The Bertz CT molecular complexity index is 295. The molecule has 0 aromatic rings. The molecule has 0 aromatic heterocycles. The molecule has 0 amide bonds. The molecule has 0 saturated carbocycles. The lowest BCUT2D eigenvalue weighted by molar-refractivity contribution is -0.173. The van der Waals surface area contributed by atoms with E-state index in [-0.39, 0.29) is 18.9 Å². The smallest absolute Gasteiger partial charge is 0.323 e. The zero-order valence-corrected chi connectivity index (χ0v) is 11.1. The van der Waals surface area contributed by atoms with Crippen molar-refractivity contribution in [3.8, 4) is 0 Å². The summed E-state index contributed by atoms with van der Waals surface area (Å²) in [6.45, 7) is 8.08. The first-order chi connectivity index (χ1) is 7.58. The number of hydrogen-bond acceptors (Lipinski definition) is 4. The number of rotatable bonds is 6. The van der Waals surface area contributed by atoms with Crippen molar-refractivity contribution in [1.82, 2.24) is 0 Å². The molecule has 0 saturated heterocycles. The lowest BCUT2D eigenvalue weighted by atomic mass is 9.75. The van der Waals surface area contributed by atoms with Gasteiger partial charge in [0.1, 0.15) is 0 Å². The Labute approximate surface area is 102 Å². The van der Waals surface area contributed by atoms with Crippen LogP contribution < -0.4 is 0 Å². The van der Waals surface area contributed by atoms with Gasteiger partial charge in [-0.15, -0.1) is 0 Å². The molecule has 0 bridgehead atoms. The molecule has 0 rings (SSSR count). The molecule has 100 valence electrons. The van der Waals surface area contributed by atoms with Crippen LogP contribution in [-0.4, -0.2) is 34.4 Å². The Balaban J connectivity index is 5.11. The fourth-order valence-electron chi connectivity index (χ4n) is 1.45. The third-order valence-corrected chi connectivity index (χ3v) is 3.15. The number of aliphatic carboxylic acids is 1. The van der Waals surface area contributed by atoms with E-state index in [0.717, 1.165) is 0 Å². The Morgan fingerprint density at radius 1 is 1.29 bits per heavy atom. The lowest BCUT2D eigenvalue weighted by Crippen LogP contribution is -2.46. The van der Waals surface area contributed by atoms with Crippen molar-refractivity contribution >= 4 is 11.9 Å². The number of carboxylic acids is 1. The number of carboxylic acid groups (broad SMARTS) is 1. The largest absolute Gasteiger partial charge is 0.480 e. The third-order valence-electron chi connectivity index (χ3n) is 3.15. The fraction of sp³-hybridized carbons (Fsp3) is 0.833. The number of aliphatic hydroxyl groups is 1. The summed E-state index contributed by atoms with van der Waals surface area (Å²) in [5.41, 5.74) is -2.95. The highest BCUT2D eigenvalue weighted by Crippen LogP contribution is 2.34. The minimum Gasteiger partial charge on any atom is -0.480 e. The Morgan fingerprint density at radius 3 is 2.06 bits per heavy atom. The molecule has 2 atom stereocenters. The van der Waals surface area contributed by atoms with Gasteiger partial charge < -0.3 is 14.9 Å². The van der Waals surface area contributed by atoms with Crippen LogP contribution in [0.15, 0.2) is 0 Å². The number of esters is 1. The quantitative estimate of drug-likeness (QED) is 0.547. The molecule has 5 heteroatoms. The molecule has 0 heterocycles. The van der Waals surface area contributed by atoms with E-state index in [4.69, 9.17) is 9.84 Å². The molecule has 17 heavy (non-hydrogen) atoms. The highest BCUT2D eigenvalue weighted by molar-refractivity contribution is 5.98. The van der Waals surface area contributed by atoms with Crippen LogP contribution in [0.1, 0.15) is 41.0 Å². The molecule has 5 nitrogen and oxygen atoms in total. The molecule has 0 aliphatic carbocycles. The van der Waals surface area contributed by atoms with Gasteiger partial charge in [0.2, 0.25) is 0 Å². The SMILES string of the molecule is CCOC(=O)C(C)(CC(C)(O)C(C)C)C(=O)O. The second kappa shape index (κ2) is 5.49. The van der Waals surface area contributed by atoms with Gasteiger partial charge in [-0.25, -0.2) is 0 Å². The van der Waals surface area contributed by atoms with Crippen molar-refractivity contribution in [3.05, 3.63) is 0 Å². The first-order valence-corrected chi connectivity index (χ1v) is 5.71. The second-order valence-electron chi connectivity index (χ2n) is 5.05. The van der Waals surface area contributed by atoms with Crippen LogP contribution in [0.2, 0.25) is 0 Å². The molecule has 2 unspecified atom stereocenters. The van der Waals surface area contributed by atoms with Crippen molar-refractivity contribution < 1.29 is 24.5 Å². The predicted molar refractivity (Wildman–Crippen MR) is 62.5 cm³/mol. The molecule has 0 aliphatic rings. The van der Waals surface area contributed by atoms with Gasteiger partial charge in [0.05, 0.1) is 12.2 Å². The van der Waals surface area contributed by atoms with E-state index in [1.165, 1.54) is 13.8 Å². The zero-order valence-electron chi connectivity index (χ0n) is 11.1. The van der Waals surface area contributed by atoms with E-state index in [2.05, 4.69) is 0 Å². The van der Waals surface area contributed by atoms with Crippen molar-refractivity contribution in [2.75, 3.05) is 6.61 Å². The standard InChI is InChI=1S/C12H22O5/c1-6-17-10(15)11(4,9(13)14)7-12(5,16)8(2)3/h8,16H,6-7H2,1-5H3,(H,13,14). The normalized spacial score (nSPS) is 18.3. The molecule has 0 spiro atoms. The predicted octanol–water partition coefficient (Wildman–Crippen LogP) is 1.44. The molecule has 0 radical (unpaired) electrons. The summed E-state index contributed by atoms with van der Waals surface area (Å²) in [4.78, 5) is 22.9. The van der Waals surface area contributed by atoms with Gasteiger partial charge in [-0.05, 0) is 26.7 Å².